The van der Waals surface area contributed by atoms with Gasteiger partial charge in [0, 0.05) is 12.7 Å². The Kier molecular flexibility index (Phi) is 8.08. The molecule has 178 valence electrons. The molecule has 2 aromatic rings. The molecule has 0 spiro atoms. The van der Waals surface area contributed by atoms with Gasteiger partial charge in [0.15, 0.2) is 0 Å². The van der Waals surface area contributed by atoms with Crippen molar-refractivity contribution in [3.8, 4) is 11.8 Å². The number of aliphatic hydroxyl groups is 4. The molecule has 8 nitrogen and oxygen atoms in total. The molecule has 4 N–H and O–H groups in total. The van der Waals surface area contributed by atoms with Gasteiger partial charge < -0.3 is 34.6 Å². The van der Waals surface area contributed by atoms with E-state index in [2.05, 4.69) is 13.0 Å². The lowest BCUT2D eigenvalue weighted by molar-refractivity contribution is -0.366. The third-order valence-electron chi connectivity index (χ3n) is 6.08. The van der Waals surface area contributed by atoms with Crippen LogP contribution in [0.15, 0.2) is 36.4 Å². The lowest BCUT2D eigenvalue weighted by atomic mass is 9.85. The van der Waals surface area contributed by atoms with Gasteiger partial charge in [-0.05, 0) is 48.6 Å². The van der Waals surface area contributed by atoms with E-state index in [0.29, 0.717) is 29.7 Å². The van der Waals surface area contributed by atoms with Crippen molar-refractivity contribution in [2.24, 2.45) is 0 Å². The van der Waals surface area contributed by atoms with Crippen LogP contribution in [0.2, 0.25) is 0 Å². The molecule has 1 heterocycles. The van der Waals surface area contributed by atoms with Gasteiger partial charge in [-0.25, -0.2) is 0 Å². The Hall–Kier alpha value is -2.51. The monoisotopic (exact) mass is 457 g/mol. The lowest BCUT2D eigenvalue weighted by Gasteiger charge is -2.47. The first-order valence-corrected chi connectivity index (χ1v) is 11.0. The molecule has 0 unspecified atom stereocenters. The van der Waals surface area contributed by atoms with Crippen LogP contribution in [0.4, 0.5) is 0 Å². The van der Waals surface area contributed by atoms with E-state index in [4.69, 9.17) is 14.2 Å². The highest BCUT2D eigenvalue weighted by atomic mass is 16.7. The van der Waals surface area contributed by atoms with Gasteiger partial charge in [-0.15, -0.1) is 0 Å². The first-order chi connectivity index (χ1) is 15.8. The minimum absolute atomic E-state index is 0.283. The maximum atomic E-state index is 10.9. The SMILES string of the molecule is CCOc1cc([C@]2(OC)O[C@H](CO)[C@@H](O)[C@H](O)[C@H]2O)cc(Cc2ccc(CC)cc2)c1C#N. The van der Waals surface area contributed by atoms with Crippen LogP contribution < -0.4 is 4.74 Å². The number of aliphatic hydroxyl groups excluding tert-OH is 4. The standard InChI is InChI=1S/C25H31NO7/c1-4-15-6-8-16(9-7-15)10-17-11-18(12-20(32-5-2)19(17)13-26)25(31-3)24(30)23(29)22(28)21(14-27)33-25/h6-9,11-12,21-24,27-30H,4-5,10,14H2,1-3H3/t21-,22-,23+,24-,25+/m1/s1. The van der Waals surface area contributed by atoms with Crippen molar-refractivity contribution in [3.05, 3.63) is 64.2 Å². The Morgan fingerprint density at radius 3 is 2.27 bits per heavy atom. The summed E-state index contributed by atoms with van der Waals surface area (Å²) in [5.74, 6) is -1.61. The molecule has 0 bridgehead atoms. The van der Waals surface area contributed by atoms with E-state index in [1.165, 1.54) is 18.7 Å². The van der Waals surface area contributed by atoms with Gasteiger partial charge >= 0.3 is 0 Å². The summed E-state index contributed by atoms with van der Waals surface area (Å²) in [4.78, 5) is 0. The third kappa shape index (κ3) is 4.75. The lowest BCUT2D eigenvalue weighted by Crippen LogP contribution is -2.64. The number of rotatable bonds is 8. The number of benzene rings is 2. The quantitative estimate of drug-likeness (QED) is 0.467. The molecular weight excluding hydrogens is 426 g/mol. The van der Waals surface area contributed by atoms with Crippen LogP contribution in [-0.4, -0.2) is 65.2 Å². The fourth-order valence-corrected chi connectivity index (χ4v) is 4.19. The van der Waals surface area contributed by atoms with Crippen LogP contribution in [0.1, 0.15) is 41.7 Å². The van der Waals surface area contributed by atoms with Gasteiger partial charge in [-0.3, -0.25) is 0 Å². The van der Waals surface area contributed by atoms with Gasteiger partial charge in [-0.2, -0.15) is 5.26 Å². The summed E-state index contributed by atoms with van der Waals surface area (Å²) in [5.41, 5.74) is 3.43. The number of nitrogens with zero attached hydrogens (tertiary/aromatic N) is 1. The number of hydrogen-bond acceptors (Lipinski definition) is 8. The van der Waals surface area contributed by atoms with E-state index in [0.717, 1.165) is 12.0 Å². The Morgan fingerprint density at radius 1 is 1.06 bits per heavy atom. The van der Waals surface area contributed by atoms with Gasteiger partial charge in [0.1, 0.15) is 36.2 Å². The average molecular weight is 458 g/mol. The first kappa shape index (κ1) is 25.1. The molecule has 1 aliphatic rings. The molecule has 1 fully saturated rings. The summed E-state index contributed by atoms with van der Waals surface area (Å²) in [7, 11) is 1.30. The minimum atomic E-state index is -1.90. The highest BCUT2D eigenvalue weighted by Crippen LogP contribution is 2.42. The van der Waals surface area contributed by atoms with Gasteiger partial charge in [0.2, 0.25) is 5.79 Å². The molecule has 0 aromatic heterocycles. The van der Waals surface area contributed by atoms with Crippen LogP contribution >= 0.6 is 0 Å². The number of methoxy groups -OCH3 is 1. The van der Waals surface area contributed by atoms with Crippen LogP contribution in [-0.2, 0) is 28.1 Å². The fraction of sp³-hybridized carbons (Fsp3) is 0.480. The van der Waals surface area contributed by atoms with Crippen LogP contribution in [0.25, 0.3) is 0 Å². The van der Waals surface area contributed by atoms with Gasteiger partial charge in [-0.1, -0.05) is 31.2 Å². The number of aryl methyl sites for hydroxylation is 1. The van der Waals surface area contributed by atoms with Crippen molar-refractivity contribution >= 4 is 0 Å². The number of hydrogen-bond donors (Lipinski definition) is 4. The Morgan fingerprint density at radius 2 is 1.73 bits per heavy atom. The summed E-state index contributed by atoms with van der Waals surface area (Å²) in [6.07, 6.45) is -4.68. The van der Waals surface area contributed by atoms with Crippen molar-refractivity contribution < 1.29 is 34.6 Å². The minimum Gasteiger partial charge on any atom is -0.492 e. The second-order valence-corrected chi connectivity index (χ2v) is 8.04. The molecule has 5 atom stereocenters. The van der Waals surface area contributed by atoms with E-state index in [-0.39, 0.29) is 5.75 Å². The number of ether oxygens (including phenoxy) is 3. The molecule has 1 aliphatic heterocycles. The van der Waals surface area contributed by atoms with Crippen LogP contribution in [0.5, 0.6) is 5.75 Å². The zero-order valence-corrected chi connectivity index (χ0v) is 19.1. The maximum Gasteiger partial charge on any atom is 0.224 e. The largest absolute Gasteiger partial charge is 0.492 e. The number of nitriles is 1. The van der Waals surface area contributed by atoms with Crippen LogP contribution in [0, 0.1) is 11.3 Å². The predicted molar refractivity (Wildman–Crippen MR) is 120 cm³/mol. The molecule has 0 amide bonds. The van der Waals surface area contributed by atoms with E-state index >= 15 is 0 Å². The molecule has 0 saturated carbocycles. The van der Waals surface area contributed by atoms with E-state index in [9.17, 15) is 25.7 Å². The second kappa shape index (κ2) is 10.6. The maximum absolute atomic E-state index is 10.9. The molecule has 0 aliphatic carbocycles. The van der Waals surface area contributed by atoms with E-state index in [1.54, 1.807) is 13.0 Å². The third-order valence-corrected chi connectivity index (χ3v) is 6.08. The Labute approximate surface area is 193 Å². The zero-order valence-electron chi connectivity index (χ0n) is 19.1. The topological polar surface area (TPSA) is 132 Å². The highest BCUT2D eigenvalue weighted by molar-refractivity contribution is 5.54. The zero-order chi connectivity index (χ0) is 24.2. The van der Waals surface area contributed by atoms with E-state index in [1.807, 2.05) is 24.3 Å². The molecule has 0 radical (unpaired) electrons. The average Bonchev–Trinajstić information content (AvgIpc) is 2.84. The summed E-state index contributed by atoms with van der Waals surface area (Å²) >= 11 is 0. The van der Waals surface area contributed by atoms with Crippen molar-refractivity contribution in [3.63, 3.8) is 0 Å². The molecule has 8 heteroatoms. The Bertz CT molecular complexity index is 985. The molecular formula is C25H31NO7. The molecule has 3 rings (SSSR count). The van der Waals surface area contributed by atoms with Crippen molar-refractivity contribution in [2.75, 3.05) is 20.3 Å². The predicted octanol–water partition coefficient (Wildman–Crippen LogP) is 1.38. The fourth-order valence-electron chi connectivity index (χ4n) is 4.19. The first-order valence-electron chi connectivity index (χ1n) is 11.0. The van der Waals surface area contributed by atoms with Gasteiger partial charge in [0.05, 0.1) is 18.8 Å². The summed E-state index contributed by atoms with van der Waals surface area (Å²) in [6.45, 7) is 3.57. The highest BCUT2D eigenvalue weighted by Gasteiger charge is 2.55. The van der Waals surface area contributed by atoms with Crippen molar-refractivity contribution in [1.29, 1.82) is 5.26 Å². The summed E-state index contributed by atoms with van der Waals surface area (Å²) in [6, 6.07) is 13.4. The van der Waals surface area contributed by atoms with Gasteiger partial charge in [0.25, 0.3) is 0 Å². The smallest absolute Gasteiger partial charge is 0.224 e. The molecule has 2 aromatic carbocycles. The van der Waals surface area contributed by atoms with Crippen molar-refractivity contribution in [1.82, 2.24) is 0 Å². The second-order valence-electron chi connectivity index (χ2n) is 8.04. The van der Waals surface area contributed by atoms with E-state index < -0.39 is 36.8 Å². The normalized spacial score (nSPS) is 27.2. The summed E-state index contributed by atoms with van der Waals surface area (Å²) in [5, 5.41) is 51.0. The summed E-state index contributed by atoms with van der Waals surface area (Å²) < 4.78 is 17.1. The van der Waals surface area contributed by atoms with Crippen molar-refractivity contribution in [2.45, 2.75) is 56.9 Å². The molecule has 33 heavy (non-hydrogen) atoms. The van der Waals surface area contributed by atoms with Crippen LogP contribution in [0.3, 0.4) is 0 Å². The Balaban J connectivity index is 2.14. The molecule has 1 saturated heterocycles.